The van der Waals surface area contributed by atoms with Gasteiger partial charge in [-0.2, -0.15) is 0 Å². The SMILES string of the molecule is Cc1cc(OCc2ccc(Cl)c(Cl)c2)c2c3c(c(=O)oc2c1)CCCC3. The van der Waals surface area contributed by atoms with Crippen molar-refractivity contribution < 1.29 is 9.15 Å². The molecular weight excluding hydrogens is 371 g/mol. The molecule has 0 atom stereocenters. The summed E-state index contributed by atoms with van der Waals surface area (Å²) in [6.45, 7) is 2.33. The molecule has 0 unspecified atom stereocenters. The lowest BCUT2D eigenvalue weighted by Crippen LogP contribution is -2.16. The molecule has 1 aliphatic carbocycles. The third-order valence-electron chi connectivity index (χ3n) is 4.81. The highest BCUT2D eigenvalue weighted by atomic mass is 35.5. The first-order chi connectivity index (χ1) is 12.5. The summed E-state index contributed by atoms with van der Waals surface area (Å²) in [6.07, 6.45) is 3.75. The Bertz CT molecular complexity index is 1050. The van der Waals surface area contributed by atoms with Gasteiger partial charge in [0.05, 0.1) is 15.4 Å². The van der Waals surface area contributed by atoms with E-state index < -0.39 is 0 Å². The van der Waals surface area contributed by atoms with Crippen molar-refractivity contribution in [2.75, 3.05) is 0 Å². The fourth-order valence-corrected chi connectivity index (χ4v) is 3.89. The molecule has 1 heterocycles. The van der Waals surface area contributed by atoms with Crippen molar-refractivity contribution in [2.45, 2.75) is 39.2 Å². The molecule has 4 rings (SSSR count). The molecule has 2 aromatic carbocycles. The van der Waals surface area contributed by atoms with Gasteiger partial charge in [-0.1, -0.05) is 29.3 Å². The Kier molecular flexibility index (Phi) is 4.68. The summed E-state index contributed by atoms with van der Waals surface area (Å²) in [5.41, 5.74) is 4.17. The number of benzene rings is 2. The Morgan fingerprint density at radius 2 is 1.81 bits per heavy atom. The van der Waals surface area contributed by atoms with Crippen LogP contribution in [0.25, 0.3) is 11.0 Å². The first kappa shape index (κ1) is 17.4. The molecule has 134 valence electrons. The first-order valence-corrected chi connectivity index (χ1v) is 9.44. The van der Waals surface area contributed by atoms with Gasteiger partial charge in [-0.15, -0.1) is 0 Å². The summed E-state index contributed by atoms with van der Waals surface area (Å²) in [5, 5.41) is 1.95. The number of halogens is 2. The lowest BCUT2D eigenvalue weighted by Gasteiger charge is -2.19. The third-order valence-corrected chi connectivity index (χ3v) is 5.55. The average molecular weight is 389 g/mol. The maximum absolute atomic E-state index is 12.3. The van der Waals surface area contributed by atoms with Crippen LogP contribution in [-0.2, 0) is 19.4 Å². The van der Waals surface area contributed by atoms with E-state index in [2.05, 4.69) is 0 Å². The summed E-state index contributed by atoms with van der Waals surface area (Å²) in [7, 11) is 0. The standard InChI is InChI=1S/C21H18Cl2O3/c1-12-8-18(25-11-13-6-7-16(22)17(23)10-13)20-14-4-2-3-5-15(14)21(24)26-19(20)9-12/h6-10H,2-5,11H2,1H3. The molecule has 1 aromatic heterocycles. The zero-order valence-corrected chi connectivity index (χ0v) is 15.9. The van der Waals surface area contributed by atoms with Crippen LogP contribution >= 0.6 is 23.2 Å². The van der Waals surface area contributed by atoms with Gasteiger partial charge in [-0.3, -0.25) is 0 Å². The molecule has 3 aromatic rings. The largest absolute Gasteiger partial charge is 0.488 e. The summed E-state index contributed by atoms with van der Waals surface area (Å²) in [6, 6.07) is 9.35. The molecule has 0 aliphatic heterocycles. The molecule has 3 nitrogen and oxygen atoms in total. The van der Waals surface area contributed by atoms with Crippen LogP contribution < -0.4 is 10.4 Å². The van der Waals surface area contributed by atoms with Gasteiger partial charge in [-0.25, -0.2) is 4.79 Å². The Hall–Kier alpha value is -1.97. The number of rotatable bonds is 3. The molecule has 0 spiro atoms. The second-order valence-electron chi connectivity index (χ2n) is 6.73. The highest BCUT2D eigenvalue weighted by molar-refractivity contribution is 6.42. The maximum atomic E-state index is 12.3. The zero-order valence-electron chi connectivity index (χ0n) is 14.4. The van der Waals surface area contributed by atoms with Crippen LogP contribution in [-0.4, -0.2) is 0 Å². The minimum atomic E-state index is -0.215. The predicted octanol–water partition coefficient (Wildman–Crippen LogP) is 5.87. The van der Waals surface area contributed by atoms with Gasteiger partial charge in [0.2, 0.25) is 0 Å². The second-order valence-corrected chi connectivity index (χ2v) is 7.54. The fourth-order valence-electron chi connectivity index (χ4n) is 3.57. The number of hydrogen-bond donors (Lipinski definition) is 0. The molecule has 0 N–H and O–H groups in total. The number of ether oxygens (including phenoxy) is 1. The Morgan fingerprint density at radius 3 is 2.58 bits per heavy atom. The van der Waals surface area contributed by atoms with Crippen LogP contribution in [0.2, 0.25) is 10.0 Å². The van der Waals surface area contributed by atoms with Crippen LogP contribution in [0.15, 0.2) is 39.5 Å². The van der Waals surface area contributed by atoms with Crippen molar-refractivity contribution in [1.82, 2.24) is 0 Å². The molecule has 0 bridgehead atoms. The van der Waals surface area contributed by atoms with Gasteiger partial charge in [0.1, 0.15) is 17.9 Å². The fraction of sp³-hybridized carbons (Fsp3) is 0.286. The zero-order chi connectivity index (χ0) is 18.3. The molecule has 0 amide bonds. The molecule has 0 saturated heterocycles. The van der Waals surface area contributed by atoms with Crippen molar-refractivity contribution in [3.8, 4) is 5.75 Å². The quantitative estimate of drug-likeness (QED) is 0.526. The highest BCUT2D eigenvalue weighted by Gasteiger charge is 2.21. The lowest BCUT2D eigenvalue weighted by molar-refractivity contribution is 0.309. The molecule has 0 saturated carbocycles. The molecule has 0 radical (unpaired) electrons. The van der Waals surface area contributed by atoms with E-state index in [4.69, 9.17) is 32.4 Å². The lowest BCUT2D eigenvalue weighted by atomic mass is 9.90. The Morgan fingerprint density at radius 1 is 1.04 bits per heavy atom. The van der Waals surface area contributed by atoms with Crippen molar-refractivity contribution in [3.05, 3.63) is 73.1 Å². The van der Waals surface area contributed by atoms with Gasteiger partial charge >= 0.3 is 5.63 Å². The van der Waals surface area contributed by atoms with E-state index in [0.717, 1.165) is 59.1 Å². The van der Waals surface area contributed by atoms with E-state index >= 15 is 0 Å². The van der Waals surface area contributed by atoms with E-state index in [1.807, 2.05) is 25.1 Å². The highest BCUT2D eigenvalue weighted by Crippen LogP contribution is 2.35. The number of aryl methyl sites for hydroxylation is 2. The predicted molar refractivity (Wildman–Crippen MR) is 105 cm³/mol. The second kappa shape index (κ2) is 6.98. The minimum Gasteiger partial charge on any atom is -0.488 e. The molecule has 5 heteroatoms. The van der Waals surface area contributed by atoms with Crippen LogP contribution in [0.4, 0.5) is 0 Å². The van der Waals surface area contributed by atoms with Gasteiger partial charge in [0.15, 0.2) is 0 Å². The summed E-state index contributed by atoms with van der Waals surface area (Å²) in [5.74, 6) is 0.743. The third kappa shape index (κ3) is 3.22. The van der Waals surface area contributed by atoms with Crippen molar-refractivity contribution >= 4 is 34.2 Å². The van der Waals surface area contributed by atoms with E-state index in [-0.39, 0.29) is 5.63 Å². The topological polar surface area (TPSA) is 39.4 Å². The van der Waals surface area contributed by atoms with Gasteiger partial charge in [-0.05, 0) is 73.6 Å². The maximum Gasteiger partial charge on any atom is 0.339 e. The number of fused-ring (bicyclic) bond motifs is 3. The molecule has 26 heavy (non-hydrogen) atoms. The van der Waals surface area contributed by atoms with Gasteiger partial charge in [0.25, 0.3) is 0 Å². The Labute approximate surface area is 161 Å². The van der Waals surface area contributed by atoms with Crippen LogP contribution in [0.1, 0.15) is 35.1 Å². The summed E-state index contributed by atoms with van der Waals surface area (Å²) >= 11 is 12.1. The van der Waals surface area contributed by atoms with E-state index in [1.54, 1.807) is 12.1 Å². The average Bonchev–Trinajstić information content (AvgIpc) is 2.62. The number of hydrogen-bond acceptors (Lipinski definition) is 3. The molecule has 0 fully saturated rings. The summed E-state index contributed by atoms with van der Waals surface area (Å²) < 4.78 is 11.7. The first-order valence-electron chi connectivity index (χ1n) is 8.69. The van der Waals surface area contributed by atoms with Crippen molar-refractivity contribution in [2.24, 2.45) is 0 Å². The monoisotopic (exact) mass is 388 g/mol. The molecule has 1 aliphatic rings. The normalized spacial score (nSPS) is 13.7. The van der Waals surface area contributed by atoms with Gasteiger partial charge < -0.3 is 9.15 Å². The van der Waals surface area contributed by atoms with E-state index in [9.17, 15) is 4.79 Å². The van der Waals surface area contributed by atoms with Crippen molar-refractivity contribution in [3.63, 3.8) is 0 Å². The van der Waals surface area contributed by atoms with Crippen LogP contribution in [0.3, 0.4) is 0 Å². The minimum absolute atomic E-state index is 0.215. The van der Waals surface area contributed by atoms with E-state index in [0.29, 0.717) is 22.2 Å². The van der Waals surface area contributed by atoms with Gasteiger partial charge in [0, 0.05) is 5.56 Å². The molecular formula is C21H18Cl2O3. The van der Waals surface area contributed by atoms with E-state index in [1.165, 1.54) is 0 Å². The summed E-state index contributed by atoms with van der Waals surface area (Å²) in [4.78, 5) is 12.3. The van der Waals surface area contributed by atoms with Crippen molar-refractivity contribution in [1.29, 1.82) is 0 Å². The van der Waals surface area contributed by atoms with Crippen LogP contribution in [0, 0.1) is 6.92 Å². The Balaban J connectivity index is 1.78. The van der Waals surface area contributed by atoms with Crippen LogP contribution in [0.5, 0.6) is 5.75 Å². The smallest absolute Gasteiger partial charge is 0.339 e.